The highest BCUT2D eigenvalue weighted by molar-refractivity contribution is 6.06. The summed E-state index contributed by atoms with van der Waals surface area (Å²) in [6.07, 6.45) is 1.48. The van der Waals surface area contributed by atoms with Crippen LogP contribution < -0.4 is 20.1 Å². The van der Waals surface area contributed by atoms with Gasteiger partial charge < -0.3 is 20.1 Å². The van der Waals surface area contributed by atoms with E-state index in [0.29, 0.717) is 35.3 Å². The van der Waals surface area contributed by atoms with E-state index in [4.69, 9.17) is 9.47 Å². The predicted octanol–water partition coefficient (Wildman–Crippen LogP) is 5.72. The predicted molar refractivity (Wildman–Crippen MR) is 148 cm³/mol. The Morgan fingerprint density at radius 3 is 2.58 bits per heavy atom. The molecule has 2 heterocycles. The molecule has 2 N–H and O–H groups in total. The highest BCUT2D eigenvalue weighted by atomic mass is 16.5. The molecule has 8 nitrogen and oxygen atoms in total. The van der Waals surface area contributed by atoms with Gasteiger partial charge in [-0.15, -0.1) is 0 Å². The van der Waals surface area contributed by atoms with E-state index in [9.17, 15) is 4.79 Å². The molecule has 1 unspecified atom stereocenters. The average Bonchev–Trinajstić information content (AvgIpc) is 3.38. The summed E-state index contributed by atoms with van der Waals surface area (Å²) >= 11 is 0. The van der Waals surface area contributed by atoms with Crippen molar-refractivity contribution in [1.29, 1.82) is 0 Å². The van der Waals surface area contributed by atoms with Crippen molar-refractivity contribution in [2.45, 2.75) is 40.3 Å². The molecule has 8 heteroatoms. The van der Waals surface area contributed by atoms with Crippen LogP contribution in [0.3, 0.4) is 0 Å². The first-order valence-corrected chi connectivity index (χ1v) is 12.5. The fourth-order valence-corrected chi connectivity index (χ4v) is 4.67. The molecule has 0 spiro atoms. The largest absolute Gasteiger partial charge is 0.493 e. The molecule has 1 amide bonds. The summed E-state index contributed by atoms with van der Waals surface area (Å²) in [6.45, 7) is 8.38. The van der Waals surface area contributed by atoms with Gasteiger partial charge in [-0.05, 0) is 73.7 Å². The molecule has 1 aliphatic rings. The van der Waals surface area contributed by atoms with Crippen LogP contribution in [0.15, 0.2) is 78.3 Å². The number of nitrogens with one attached hydrogen (secondary N) is 2. The SMILES string of the molecule is COc1cc(C2C(C(=O)Nc3cccc(C)c3C)=C(C)Nc3ncnn32)ccc1OCc1ccccc1C. The molecule has 38 heavy (non-hydrogen) atoms. The lowest BCUT2D eigenvalue weighted by Crippen LogP contribution is -2.31. The van der Waals surface area contributed by atoms with Crippen LogP contribution in [-0.2, 0) is 11.4 Å². The van der Waals surface area contributed by atoms with Crippen molar-refractivity contribution < 1.29 is 14.3 Å². The Bertz CT molecular complexity index is 1540. The van der Waals surface area contributed by atoms with Crippen LogP contribution in [0, 0.1) is 20.8 Å². The van der Waals surface area contributed by atoms with Gasteiger partial charge in [0.2, 0.25) is 5.95 Å². The Kier molecular flexibility index (Phi) is 6.87. The van der Waals surface area contributed by atoms with Crippen molar-refractivity contribution in [3.8, 4) is 11.5 Å². The van der Waals surface area contributed by atoms with E-state index >= 15 is 0 Å². The van der Waals surface area contributed by atoms with E-state index in [0.717, 1.165) is 33.5 Å². The molecule has 1 atom stereocenters. The van der Waals surface area contributed by atoms with Crippen LogP contribution >= 0.6 is 0 Å². The summed E-state index contributed by atoms with van der Waals surface area (Å²) in [4.78, 5) is 18.1. The third-order valence-corrected chi connectivity index (χ3v) is 7.04. The van der Waals surface area contributed by atoms with E-state index in [1.54, 1.807) is 11.8 Å². The standard InChI is InChI=1S/C30H31N5O3/c1-18-10-8-12-24(20(18)3)34-29(36)27-21(4)33-30-31-17-32-35(30)28(27)22-13-14-25(26(15-22)37-5)38-16-23-11-7-6-9-19(23)2/h6-15,17,28H,16H2,1-5H3,(H,34,36)(H,31,32,33). The van der Waals surface area contributed by atoms with Crippen LogP contribution in [0.2, 0.25) is 0 Å². The molecule has 5 rings (SSSR count). The van der Waals surface area contributed by atoms with Crippen molar-refractivity contribution in [3.63, 3.8) is 0 Å². The zero-order chi connectivity index (χ0) is 26.8. The number of fused-ring (bicyclic) bond motifs is 1. The smallest absolute Gasteiger partial charge is 0.255 e. The molecular weight excluding hydrogens is 478 g/mol. The molecule has 0 saturated carbocycles. The molecule has 0 aliphatic carbocycles. The lowest BCUT2D eigenvalue weighted by Gasteiger charge is -2.29. The third-order valence-electron chi connectivity index (χ3n) is 7.04. The fraction of sp³-hybridized carbons (Fsp3) is 0.233. The van der Waals surface area contributed by atoms with Crippen molar-refractivity contribution in [1.82, 2.24) is 14.8 Å². The quantitative estimate of drug-likeness (QED) is 0.331. The van der Waals surface area contributed by atoms with E-state index in [2.05, 4.69) is 33.7 Å². The van der Waals surface area contributed by atoms with E-state index in [-0.39, 0.29) is 5.91 Å². The molecular formula is C30H31N5O3. The van der Waals surface area contributed by atoms with Gasteiger partial charge in [0.05, 0.1) is 12.7 Å². The van der Waals surface area contributed by atoms with E-state index in [1.807, 2.05) is 75.4 Å². The first kappa shape index (κ1) is 25.1. The zero-order valence-electron chi connectivity index (χ0n) is 22.2. The minimum Gasteiger partial charge on any atom is -0.493 e. The number of methoxy groups -OCH3 is 1. The van der Waals surface area contributed by atoms with Crippen LogP contribution in [0.4, 0.5) is 11.6 Å². The Hall–Kier alpha value is -4.59. The van der Waals surface area contributed by atoms with Gasteiger partial charge in [-0.25, -0.2) is 4.68 Å². The topological polar surface area (TPSA) is 90.3 Å². The Morgan fingerprint density at radius 1 is 1.00 bits per heavy atom. The fourth-order valence-electron chi connectivity index (χ4n) is 4.67. The van der Waals surface area contributed by atoms with Crippen LogP contribution in [-0.4, -0.2) is 27.8 Å². The second kappa shape index (κ2) is 10.4. The molecule has 0 bridgehead atoms. The lowest BCUT2D eigenvalue weighted by molar-refractivity contribution is -0.113. The van der Waals surface area contributed by atoms with Crippen LogP contribution in [0.5, 0.6) is 11.5 Å². The second-order valence-corrected chi connectivity index (χ2v) is 9.42. The maximum Gasteiger partial charge on any atom is 0.255 e. The monoisotopic (exact) mass is 509 g/mol. The molecule has 3 aromatic carbocycles. The molecule has 1 aromatic heterocycles. The van der Waals surface area contributed by atoms with Crippen LogP contribution in [0.25, 0.3) is 0 Å². The summed E-state index contributed by atoms with van der Waals surface area (Å²) < 4.78 is 13.6. The van der Waals surface area contributed by atoms with Gasteiger partial charge in [0, 0.05) is 11.4 Å². The minimum absolute atomic E-state index is 0.214. The zero-order valence-corrected chi connectivity index (χ0v) is 22.2. The number of hydrogen-bond donors (Lipinski definition) is 2. The first-order valence-electron chi connectivity index (χ1n) is 12.5. The third kappa shape index (κ3) is 4.72. The van der Waals surface area contributed by atoms with Crippen molar-refractivity contribution in [2.24, 2.45) is 0 Å². The number of amides is 1. The van der Waals surface area contributed by atoms with Gasteiger partial charge in [0.15, 0.2) is 11.5 Å². The summed E-state index contributed by atoms with van der Waals surface area (Å²) in [5.41, 5.74) is 7.25. The normalized spacial score (nSPS) is 14.5. The van der Waals surface area contributed by atoms with E-state index < -0.39 is 6.04 Å². The number of benzene rings is 3. The van der Waals surface area contributed by atoms with Crippen LogP contribution in [0.1, 0.15) is 40.8 Å². The number of aryl methyl sites for hydroxylation is 2. The highest BCUT2D eigenvalue weighted by Crippen LogP contribution is 2.39. The van der Waals surface area contributed by atoms with Gasteiger partial charge in [-0.2, -0.15) is 10.1 Å². The summed E-state index contributed by atoms with van der Waals surface area (Å²) in [5.74, 6) is 1.54. The Morgan fingerprint density at radius 2 is 1.79 bits per heavy atom. The van der Waals surface area contributed by atoms with Gasteiger partial charge in [0.1, 0.15) is 19.0 Å². The number of nitrogens with zero attached hydrogens (tertiary/aromatic N) is 3. The molecule has 4 aromatic rings. The Balaban J connectivity index is 1.49. The molecule has 194 valence electrons. The van der Waals surface area contributed by atoms with Crippen molar-refractivity contribution in [2.75, 3.05) is 17.7 Å². The number of anilines is 2. The maximum absolute atomic E-state index is 13.7. The Labute approximate surface area is 222 Å². The number of rotatable bonds is 7. The molecule has 0 radical (unpaired) electrons. The number of ether oxygens (including phenoxy) is 2. The maximum atomic E-state index is 13.7. The van der Waals surface area contributed by atoms with Gasteiger partial charge in [0.25, 0.3) is 5.91 Å². The average molecular weight is 510 g/mol. The minimum atomic E-state index is -0.516. The second-order valence-electron chi connectivity index (χ2n) is 9.42. The van der Waals surface area contributed by atoms with Gasteiger partial charge in [-0.3, -0.25) is 4.79 Å². The summed E-state index contributed by atoms with van der Waals surface area (Å²) in [7, 11) is 1.61. The summed E-state index contributed by atoms with van der Waals surface area (Å²) in [5, 5.41) is 10.8. The molecule has 1 aliphatic heterocycles. The van der Waals surface area contributed by atoms with Gasteiger partial charge in [-0.1, -0.05) is 42.5 Å². The number of carbonyl (C=O) groups excluding carboxylic acids is 1. The molecule has 0 saturated heterocycles. The lowest BCUT2D eigenvalue weighted by atomic mass is 9.94. The summed E-state index contributed by atoms with van der Waals surface area (Å²) in [6, 6.07) is 19.2. The number of hydrogen-bond acceptors (Lipinski definition) is 6. The number of allylic oxidation sites excluding steroid dienone is 1. The highest BCUT2D eigenvalue weighted by Gasteiger charge is 2.34. The van der Waals surface area contributed by atoms with Gasteiger partial charge >= 0.3 is 0 Å². The van der Waals surface area contributed by atoms with Crippen molar-refractivity contribution in [3.05, 3.63) is 106 Å². The first-order chi connectivity index (χ1) is 18.4. The number of aromatic nitrogens is 3. The number of carbonyl (C=O) groups is 1. The van der Waals surface area contributed by atoms with Crippen molar-refractivity contribution >= 4 is 17.5 Å². The molecule has 0 fully saturated rings. The van der Waals surface area contributed by atoms with E-state index in [1.165, 1.54) is 6.33 Å².